The molecule has 1 aliphatic heterocycles. The molecular formula is C14H20FNO3. The van der Waals surface area contributed by atoms with Crippen molar-refractivity contribution in [2.75, 3.05) is 26.2 Å². The van der Waals surface area contributed by atoms with Crippen molar-refractivity contribution in [1.82, 2.24) is 4.90 Å². The first-order valence-corrected chi connectivity index (χ1v) is 6.60. The van der Waals surface area contributed by atoms with Gasteiger partial charge in [-0.1, -0.05) is 0 Å². The zero-order valence-electron chi connectivity index (χ0n) is 10.8. The van der Waals surface area contributed by atoms with Crippen LogP contribution in [0.3, 0.4) is 0 Å². The monoisotopic (exact) mass is 269 g/mol. The number of aliphatic hydroxyl groups is 2. The number of piperidine rings is 1. The Morgan fingerprint density at radius 3 is 2.79 bits per heavy atom. The number of hydrogen-bond acceptors (Lipinski definition) is 4. The van der Waals surface area contributed by atoms with Crippen LogP contribution in [0.15, 0.2) is 24.3 Å². The van der Waals surface area contributed by atoms with E-state index in [2.05, 4.69) is 0 Å². The van der Waals surface area contributed by atoms with E-state index in [4.69, 9.17) is 4.74 Å². The summed E-state index contributed by atoms with van der Waals surface area (Å²) in [4.78, 5) is 2.03. The van der Waals surface area contributed by atoms with E-state index >= 15 is 0 Å². The van der Waals surface area contributed by atoms with Crippen LogP contribution in [0, 0.1) is 5.82 Å². The third kappa shape index (κ3) is 4.78. The molecule has 5 heteroatoms. The van der Waals surface area contributed by atoms with Crippen LogP contribution in [0.2, 0.25) is 0 Å². The van der Waals surface area contributed by atoms with Crippen molar-refractivity contribution in [3.05, 3.63) is 30.1 Å². The predicted molar refractivity (Wildman–Crippen MR) is 69.6 cm³/mol. The van der Waals surface area contributed by atoms with E-state index in [1.165, 1.54) is 24.3 Å². The first-order valence-electron chi connectivity index (χ1n) is 6.60. The summed E-state index contributed by atoms with van der Waals surface area (Å²) in [5, 5.41) is 19.4. The quantitative estimate of drug-likeness (QED) is 0.838. The van der Waals surface area contributed by atoms with Crippen LogP contribution in [0.5, 0.6) is 5.75 Å². The fourth-order valence-corrected chi connectivity index (χ4v) is 2.27. The molecule has 1 fully saturated rings. The highest BCUT2D eigenvalue weighted by molar-refractivity contribution is 5.22. The molecule has 0 aromatic heterocycles. The number of rotatable bonds is 5. The van der Waals surface area contributed by atoms with E-state index in [-0.39, 0.29) is 18.5 Å². The lowest BCUT2D eigenvalue weighted by atomic mass is 10.1. The fraction of sp³-hybridized carbons (Fsp3) is 0.571. The van der Waals surface area contributed by atoms with Crippen LogP contribution in [0.1, 0.15) is 12.8 Å². The van der Waals surface area contributed by atoms with Crippen LogP contribution in [0.25, 0.3) is 0 Å². The molecule has 2 atom stereocenters. The standard InChI is InChI=1S/C14H20FNO3/c15-11-3-5-14(6-4-11)19-10-13(18)9-16-7-1-2-12(17)8-16/h3-6,12-13,17-18H,1-2,7-10H2/t12-,13+/m1/s1. The Morgan fingerprint density at radius 2 is 2.11 bits per heavy atom. The normalized spacial score (nSPS) is 22.2. The van der Waals surface area contributed by atoms with Gasteiger partial charge in [0, 0.05) is 13.1 Å². The number of ether oxygens (including phenoxy) is 1. The Hall–Kier alpha value is -1.17. The van der Waals surface area contributed by atoms with Crippen LogP contribution in [-0.4, -0.2) is 53.6 Å². The Labute approximate surface area is 112 Å². The van der Waals surface area contributed by atoms with Crippen molar-refractivity contribution in [2.45, 2.75) is 25.0 Å². The molecule has 1 aromatic rings. The molecule has 106 valence electrons. The van der Waals surface area contributed by atoms with Crippen LogP contribution in [-0.2, 0) is 0 Å². The molecule has 0 unspecified atom stereocenters. The second-order valence-electron chi connectivity index (χ2n) is 4.97. The molecular weight excluding hydrogens is 249 g/mol. The van der Waals surface area contributed by atoms with Crippen molar-refractivity contribution in [1.29, 1.82) is 0 Å². The summed E-state index contributed by atoms with van der Waals surface area (Å²) in [6.45, 7) is 2.15. The minimum atomic E-state index is -0.615. The molecule has 0 aliphatic carbocycles. The smallest absolute Gasteiger partial charge is 0.123 e. The molecule has 1 aromatic carbocycles. The van der Waals surface area contributed by atoms with E-state index in [9.17, 15) is 14.6 Å². The topological polar surface area (TPSA) is 52.9 Å². The number of β-amino-alcohol motifs (C(OH)–C–C–N with tert-alkyl or cyclic N) is 2. The minimum absolute atomic E-state index is 0.165. The maximum atomic E-state index is 12.7. The van der Waals surface area contributed by atoms with Gasteiger partial charge in [-0.25, -0.2) is 4.39 Å². The number of nitrogens with zero attached hydrogens (tertiary/aromatic N) is 1. The van der Waals surface area contributed by atoms with Crippen molar-refractivity contribution in [2.24, 2.45) is 0 Å². The largest absolute Gasteiger partial charge is 0.491 e. The minimum Gasteiger partial charge on any atom is -0.491 e. The highest BCUT2D eigenvalue weighted by atomic mass is 19.1. The van der Waals surface area contributed by atoms with Crippen LogP contribution in [0.4, 0.5) is 4.39 Å². The fourth-order valence-electron chi connectivity index (χ4n) is 2.27. The molecule has 4 nitrogen and oxygen atoms in total. The van der Waals surface area contributed by atoms with Crippen molar-refractivity contribution in [3.63, 3.8) is 0 Å². The van der Waals surface area contributed by atoms with Gasteiger partial charge in [0.05, 0.1) is 6.10 Å². The van der Waals surface area contributed by atoms with Gasteiger partial charge in [-0.15, -0.1) is 0 Å². The van der Waals surface area contributed by atoms with Crippen molar-refractivity contribution < 1.29 is 19.3 Å². The maximum Gasteiger partial charge on any atom is 0.123 e. The third-order valence-electron chi connectivity index (χ3n) is 3.21. The lowest BCUT2D eigenvalue weighted by Crippen LogP contribution is -2.43. The van der Waals surface area contributed by atoms with Crippen molar-refractivity contribution in [3.8, 4) is 5.75 Å². The molecule has 0 bridgehead atoms. The van der Waals surface area contributed by atoms with Gasteiger partial charge >= 0.3 is 0 Å². The van der Waals surface area contributed by atoms with Crippen LogP contribution >= 0.6 is 0 Å². The molecule has 19 heavy (non-hydrogen) atoms. The van der Waals surface area contributed by atoms with Crippen molar-refractivity contribution >= 4 is 0 Å². The average Bonchev–Trinajstić information content (AvgIpc) is 2.38. The van der Waals surface area contributed by atoms with Gasteiger partial charge in [0.15, 0.2) is 0 Å². The zero-order chi connectivity index (χ0) is 13.7. The molecule has 0 radical (unpaired) electrons. The summed E-state index contributed by atoms with van der Waals surface area (Å²) in [6, 6.07) is 5.71. The number of aliphatic hydroxyl groups excluding tert-OH is 2. The number of benzene rings is 1. The van der Waals surface area contributed by atoms with Gasteiger partial charge in [0.2, 0.25) is 0 Å². The molecule has 0 amide bonds. The number of likely N-dealkylation sites (tertiary alicyclic amines) is 1. The number of halogens is 1. The van der Waals surface area contributed by atoms with Gasteiger partial charge in [-0.05, 0) is 43.7 Å². The van der Waals surface area contributed by atoms with Gasteiger partial charge < -0.3 is 14.9 Å². The third-order valence-corrected chi connectivity index (χ3v) is 3.21. The second-order valence-corrected chi connectivity index (χ2v) is 4.97. The highest BCUT2D eigenvalue weighted by Gasteiger charge is 2.20. The molecule has 0 saturated carbocycles. The predicted octanol–water partition coefficient (Wildman–Crippen LogP) is 1.02. The van der Waals surface area contributed by atoms with E-state index in [1.54, 1.807) is 0 Å². The molecule has 1 aliphatic rings. The molecule has 0 spiro atoms. The lowest BCUT2D eigenvalue weighted by molar-refractivity contribution is 0.0243. The number of hydrogen-bond donors (Lipinski definition) is 2. The summed E-state index contributed by atoms with van der Waals surface area (Å²) in [5.74, 6) is 0.231. The van der Waals surface area contributed by atoms with Gasteiger partial charge in [0.1, 0.15) is 24.3 Å². The zero-order valence-corrected chi connectivity index (χ0v) is 10.8. The summed E-state index contributed by atoms with van der Waals surface area (Å²) in [7, 11) is 0. The summed E-state index contributed by atoms with van der Waals surface area (Å²) < 4.78 is 18.1. The first kappa shape index (κ1) is 14.2. The summed E-state index contributed by atoms with van der Waals surface area (Å²) >= 11 is 0. The Morgan fingerprint density at radius 1 is 1.37 bits per heavy atom. The Bertz CT molecular complexity index is 385. The summed E-state index contributed by atoms with van der Waals surface area (Å²) in [5.41, 5.74) is 0. The van der Waals surface area contributed by atoms with E-state index < -0.39 is 6.10 Å². The molecule has 2 N–H and O–H groups in total. The van der Waals surface area contributed by atoms with Gasteiger partial charge in [-0.2, -0.15) is 0 Å². The molecule has 1 heterocycles. The van der Waals surface area contributed by atoms with E-state index in [1.807, 2.05) is 4.90 Å². The maximum absolute atomic E-state index is 12.7. The SMILES string of the molecule is O[C@@H]1CCCN(C[C@H](O)COc2ccc(F)cc2)C1. The van der Waals surface area contributed by atoms with Crippen LogP contribution < -0.4 is 4.74 Å². The highest BCUT2D eigenvalue weighted by Crippen LogP contribution is 2.13. The average molecular weight is 269 g/mol. The second kappa shape index (κ2) is 6.84. The Balaban J connectivity index is 1.72. The lowest BCUT2D eigenvalue weighted by Gasteiger charge is -2.31. The van der Waals surface area contributed by atoms with Gasteiger partial charge in [0.25, 0.3) is 0 Å². The van der Waals surface area contributed by atoms with Gasteiger partial charge in [-0.3, -0.25) is 4.90 Å². The molecule has 2 rings (SSSR count). The van der Waals surface area contributed by atoms with E-state index in [0.717, 1.165) is 19.4 Å². The van der Waals surface area contributed by atoms with E-state index in [0.29, 0.717) is 18.8 Å². The Kier molecular flexibility index (Phi) is 5.13. The summed E-state index contributed by atoms with van der Waals surface area (Å²) in [6.07, 6.45) is 0.875. The molecule has 1 saturated heterocycles. The first-order chi connectivity index (χ1) is 9.13.